The van der Waals surface area contributed by atoms with Crippen LogP contribution in [0.5, 0.6) is 0 Å². The van der Waals surface area contributed by atoms with Crippen molar-refractivity contribution in [3.63, 3.8) is 0 Å². The maximum absolute atomic E-state index is 5.25. The van der Waals surface area contributed by atoms with Gasteiger partial charge in [-0.3, -0.25) is 4.90 Å². The number of rotatable bonds is 10. The van der Waals surface area contributed by atoms with Gasteiger partial charge in [0.25, 0.3) is 0 Å². The van der Waals surface area contributed by atoms with Gasteiger partial charge in [-0.05, 0) is 44.9 Å². The summed E-state index contributed by atoms with van der Waals surface area (Å²) in [6.07, 6.45) is 1.15. The fourth-order valence-corrected chi connectivity index (χ4v) is 2.57. The van der Waals surface area contributed by atoms with Crippen LogP contribution >= 0.6 is 0 Å². The van der Waals surface area contributed by atoms with Crippen LogP contribution in [0.15, 0.2) is 24.3 Å². The Labute approximate surface area is 130 Å². The number of ether oxygens (including phenoxy) is 1. The molecule has 0 aliphatic carbocycles. The van der Waals surface area contributed by atoms with Crippen molar-refractivity contribution in [1.82, 2.24) is 10.2 Å². The molecule has 3 heteroatoms. The summed E-state index contributed by atoms with van der Waals surface area (Å²) in [7, 11) is 1.77. The molecule has 1 N–H and O–H groups in total. The second-order valence-electron chi connectivity index (χ2n) is 5.94. The van der Waals surface area contributed by atoms with E-state index in [-0.39, 0.29) is 0 Å². The molecule has 1 atom stereocenters. The van der Waals surface area contributed by atoms with Crippen LogP contribution in [0.1, 0.15) is 44.4 Å². The van der Waals surface area contributed by atoms with Crippen LogP contribution in [0, 0.1) is 6.92 Å². The summed E-state index contributed by atoms with van der Waals surface area (Å²) in [6.45, 7) is 12.8. The third-order valence-electron chi connectivity index (χ3n) is 3.93. The van der Waals surface area contributed by atoms with Gasteiger partial charge in [0.1, 0.15) is 0 Å². The minimum Gasteiger partial charge on any atom is -0.383 e. The fourth-order valence-electron chi connectivity index (χ4n) is 2.57. The number of benzene rings is 1. The summed E-state index contributed by atoms with van der Waals surface area (Å²) < 4.78 is 5.25. The Bertz CT molecular complexity index is 393. The second-order valence-corrected chi connectivity index (χ2v) is 5.94. The molecular weight excluding hydrogens is 260 g/mol. The molecule has 0 saturated heterocycles. The van der Waals surface area contributed by atoms with Crippen molar-refractivity contribution in [2.24, 2.45) is 0 Å². The van der Waals surface area contributed by atoms with E-state index in [1.807, 2.05) is 0 Å². The van der Waals surface area contributed by atoms with Gasteiger partial charge in [0.05, 0.1) is 6.61 Å². The lowest BCUT2D eigenvalue weighted by Gasteiger charge is -2.32. The zero-order chi connectivity index (χ0) is 15.7. The van der Waals surface area contributed by atoms with E-state index in [0.29, 0.717) is 12.1 Å². The van der Waals surface area contributed by atoms with Crippen molar-refractivity contribution in [3.8, 4) is 0 Å². The van der Waals surface area contributed by atoms with E-state index in [2.05, 4.69) is 62.2 Å². The predicted octanol–water partition coefficient (Wildman–Crippen LogP) is 3.39. The molecule has 21 heavy (non-hydrogen) atoms. The van der Waals surface area contributed by atoms with E-state index in [0.717, 1.165) is 32.7 Å². The van der Waals surface area contributed by atoms with Crippen LogP contribution in [-0.4, -0.2) is 44.3 Å². The highest BCUT2D eigenvalue weighted by Crippen LogP contribution is 2.19. The Balaban J connectivity index is 2.83. The van der Waals surface area contributed by atoms with Crippen molar-refractivity contribution in [2.45, 2.75) is 46.2 Å². The first kappa shape index (κ1) is 18.1. The second kappa shape index (κ2) is 9.93. The summed E-state index contributed by atoms with van der Waals surface area (Å²) in [5.41, 5.74) is 2.77. The average Bonchev–Trinajstić information content (AvgIpc) is 2.47. The maximum atomic E-state index is 5.25. The molecule has 0 aliphatic rings. The minimum atomic E-state index is 0.380. The van der Waals surface area contributed by atoms with E-state index in [4.69, 9.17) is 4.74 Å². The van der Waals surface area contributed by atoms with Crippen LogP contribution in [-0.2, 0) is 4.74 Å². The number of methoxy groups -OCH3 is 1. The lowest BCUT2D eigenvalue weighted by Crippen LogP contribution is -2.41. The summed E-state index contributed by atoms with van der Waals surface area (Å²) in [4.78, 5) is 2.49. The van der Waals surface area contributed by atoms with Crippen molar-refractivity contribution in [2.75, 3.05) is 33.4 Å². The van der Waals surface area contributed by atoms with Gasteiger partial charge in [-0.2, -0.15) is 0 Å². The van der Waals surface area contributed by atoms with E-state index in [1.54, 1.807) is 7.11 Å². The first-order valence-electron chi connectivity index (χ1n) is 8.12. The SMILES string of the molecule is CCCNC(CN(CCOC)C(C)C)c1ccccc1C. The highest BCUT2D eigenvalue weighted by Gasteiger charge is 2.18. The Kier molecular flexibility index (Phi) is 8.58. The third kappa shape index (κ3) is 6.16. The van der Waals surface area contributed by atoms with E-state index in [9.17, 15) is 0 Å². The molecule has 0 amide bonds. The van der Waals surface area contributed by atoms with E-state index >= 15 is 0 Å². The number of nitrogens with zero attached hydrogens (tertiary/aromatic N) is 1. The van der Waals surface area contributed by atoms with Crippen LogP contribution in [0.3, 0.4) is 0 Å². The first-order chi connectivity index (χ1) is 10.1. The van der Waals surface area contributed by atoms with Gasteiger partial charge in [0.15, 0.2) is 0 Å². The van der Waals surface area contributed by atoms with Gasteiger partial charge in [0, 0.05) is 32.3 Å². The number of hydrogen-bond acceptors (Lipinski definition) is 3. The van der Waals surface area contributed by atoms with Gasteiger partial charge in [-0.25, -0.2) is 0 Å². The molecule has 0 heterocycles. The van der Waals surface area contributed by atoms with Crippen LogP contribution in [0.4, 0.5) is 0 Å². The lowest BCUT2D eigenvalue weighted by molar-refractivity contribution is 0.121. The Morgan fingerprint density at radius 2 is 1.95 bits per heavy atom. The smallest absolute Gasteiger partial charge is 0.0589 e. The first-order valence-corrected chi connectivity index (χ1v) is 8.12. The van der Waals surface area contributed by atoms with Gasteiger partial charge in [-0.1, -0.05) is 31.2 Å². The van der Waals surface area contributed by atoms with Crippen molar-refractivity contribution in [3.05, 3.63) is 35.4 Å². The molecule has 1 aromatic carbocycles. The molecule has 1 unspecified atom stereocenters. The van der Waals surface area contributed by atoms with Crippen molar-refractivity contribution < 1.29 is 4.74 Å². The van der Waals surface area contributed by atoms with E-state index < -0.39 is 0 Å². The average molecular weight is 292 g/mol. The summed E-state index contributed by atoms with van der Waals surface area (Å²) in [5, 5.41) is 3.71. The largest absolute Gasteiger partial charge is 0.383 e. The molecule has 3 nitrogen and oxygen atoms in total. The number of aryl methyl sites for hydroxylation is 1. The third-order valence-corrected chi connectivity index (χ3v) is 3.93. The maximum Gasteiger partial charge on any atom is 0.0589 e. The lowest BCUT2D eigenvalue weighted by atomic mass is 10.00. The molecule has 0 spiro atoms. The van der Waals surface area contributed by atoms with Crippen LogP contribution in [0.25, 0.3) is 0 Å². The molecule has 120 valence electrons. The normalized spacial score (nSPS) is 13.1. The van der Waals surface area contributed by atoms with Gasteiger partial charge < -0.3 is 10.1 Å². The summed E-state index contributed by atoms with van der Waals surface area (Å²) in [5.74, 6) is 0. The van der Waals surface area contributed by atoms with Crippen molar-refractivity contribution >= 4 is 0 Å². The van der Waals surface area contributed by atoms with Crippen LogP contribution < -0.4 is 5.32 Å². The van der Waals surface area contributed by atoms with Gasteiger partial charge >= 0.3 is 0 Å². The Morgan fingerprint density at radius 3 is 2.52 bits per heavy atom. The molecule has 0 saturated carbocycles. The van der Waals surface area contributed by atoms with Crippen LogP contribution in [0.2, 0.25) is 0 Å². The zero-order valence-electron chi connectivity index (χ0n) is 14.4. The molecular formula is C18H32N2O. The minimum absolute atomic E-state index is 0.380. The summed E-state index contributed by atoms with van der Waals surface area (Å²) in [6, 6.07) is 9.60. The highest BCUT2D eigenvalue weighted by atomic mass is 16.5. The molecule has 0 aliphatic heterocycles. The van der Waals surface area contributed by atoms with E-state index in [1.165, 1.54) is 11.1 Å². The van der Waals surface area contributed by atoms with Crippen molar-refractivity contribution in [1.29, 1.82) is 0 Å². The Morgan fingerprint density at radius 1 is 1.24 bits per heavy atom. The molecule has 0 bridgehead atoms. The Hall–Kier alpha value is -0.900. The number of hydrogen-bond donors (Lipinski definition) is 1. The quantitative estimate of drug-likeness (QED) is 0.715. The van der Waals surface area contributed by atoms with Gasteiger partial charge in [0.2, 0.25) is 0 Å². The predicted molar refractivity (Wildman–Crippen MR) is 90.8 cm³/mol. The monoisotopic (exact) mass is 292 g/mol. The fraction of sp³-hybridized carbons (Fsp3) is 0.667. The van der Waals surface area contributed by atoms with Gasteiger partial charge in [-0.15, -0.1) is 0 Å². The molecule has 0 radical (unpaired) electrons. The molecule has 1 aromatic rings. The molecule has 0 aromatic heterocycles. The zero-order valence-corrected chi connectivity index (χ0v) is 14.4. The topological polar surface area (TPSA) is 24.5 Å². The standard InChI is InChI=1S/C18H32N2O/c1-6-11-19-18(17-10-8-7-9-16(17)4)14-20(15(2)3)12-13-21-5/h7-10,15,18-19H,6,11-14H2,1-5H3. The molecule has 0 fully saturated rings. The number of nitrogens with one attached hydrogen (secondary N) is 1. The molecule has 1 rings (SSSR count). The highest BCUT2D eigenvalue weighted by molar-refractivity contribution is 5.29. The summed E-state index contributed by atoms with van der Waals surface area (Å²) >= 11 is 0.